The molecule has 1 aromatic rings. The third-order valence-corrected chi connectivity index (χ3v) is 3.04. The highest BCUT2D eigenvalue weighted by Crippen LogP contribution is 2.09. The van der Waals surface area contributed by atoms with Gasteiger partial charge in [0, 0.05) is 11.3 Å². The number of ether oxygens (including phenoxy) is 2. The normalized spacial score (nSPS) is 12.6. The number of H-pyrrole nitrogens is 2. The van der Waals surface area contributed by atoms with Gasteiger partial charge in [0.2, 0.25) is 0 Å². The van der Waals surface area contributed by atoms with E-state index < -0.39 is 23.7 Å². The average molecular weight is 327 g/mol. The van der Waals surface area contributed by atoms with E-state index in [1.54, 1.807) is 34.6 Å². The number of alkyl carbamates (subject to hydrolysis) is 1. The van der Waals surface area contributed by atoms with Crippen molar-refractivity contribution in [3.05, 3.63) is 21.6 Å². The highest BCUT2D eigenvalue weighted by Gasteiger charge is 2.25. The molecule has 1 unspecified atom stereocenters. The van der Waals surface area contributed by atoms with Crippen LogP contribution in [0.2, 0.25) is 0 Å². The van der Waals surface area contributed by atoms with Gasteiger partial charge < -0.3 is 19.9 Å². The van der Waals surface area contributed by atoms with Crippen LogP contribution < -0.4 is 10.9 Å². The van der Waals surface area contributed by atoms with E-state index in [-0.39, 0.29) is 18.6 Å². The molecule has 0 saturated heterocycles. The van der Waals surface area contributed by atoms with Crippen molar-refractivity contribution < 1.29 is 19.1 Å². The Morgan fingerprint density at radius 2 is 1.91 bits per heavy atom. The second-order valence-electron chi connectivity index (χ2n) is 6.17. The smallest absolute Gasteiger partial charge is 0.408 e. The second-order valence-corrected chi connectivity index (χ2v) is 6.17. The zero-order valence-electron chi connectivity index (χ0n) is 14.2. The molecule has 8 nitrogen and oxygen atoms in total. The monoisotopic (exact) mass is 327 g/mol. The van der Waals surface area contributed by atoms with Crippen molar-refractivity contribution in [3.8, 4) is 0 Å². The largest absolute Gasteiger partial charge is 0.464 e. The van der Waals surface area contributed by atoms with Crippen LogP contribution in [0.15, 0.2) is 4.79 Å². The molecule has 8 heteroatoms. The Kier molecular flexibility index (Phi) is 6.41. The molecule has 0 aliphatic heterocycles. The van der Waals surface area contributed by atoms with Gasteiger partial charge in [-0.25, -0.2) is 9.59 Å². The first-order chi connectivity index (χ1) is 10.6. The molecule has 3 N–H and O–H groups in total. The molecule has 1 heterocycles. The van der Waals surface area contributed by atoms with Crippen LogP contribution in [0.5, 0.6) is 0 Å². The van der Waals surface area contributed by atoms with Gasteiger partial charge in [-0.05, 0) is 47.5 Å². The lowest BCUT2D eigenvalue weighted by molar-refractivity contribution is -0.145. The quantitative estimate of drug-likeness (QED) is 0.684. The van der Waals surface area contributed by atoms with E-state index >= 15 is 0 Å². The number of carbonyl (C=O) groups is 2. The van der Waals surface area contributed by atoms with Gasteiger partial charge >= 0.3 is 12.1 Å². The fourth-order valence-corrected chi connectivity index (χ4v) is 2.00. The molecule has 23 heavy (non-hydrogen) atoms. The van der Waals surface area contributed by atoms with Gasteiger partial charge in [-0.1, -0.05) is 0 Å². The molecule has 0 aliphatic carbocycles. The maximum atomic E-state index is 12.0. The number of nitrogens with one attached hydrogen (secondary N) is 3. The van der Waals surface area contributed by atoms with E-state index in [1.807, 2.05) is 0 Å². The summed E-state index contributed by atoms with van der Waals surface area (Å²) in [4.78, 5) is 35.5. The summed E-state index contributed by atoms with van der Waals surface area (Å²) in [5.74, 6) is -0.553. The number of aromatic nitrogens is 2. The van der Waals surface area contributed by atoms with Crippen LogP contribution >= 0.6 is 0 Å². The first-order valence-corrected chi connectivity index (χ1v) is 7.56. The van der Waals surface area contributed by atoms with Gasteiger partial charge in [-0.3, -0.25) is 9.89 Å². The third-order valence-electron chi connectivity index (χ3n) is 3.04. The van der Waals surface area contributed by atoms with Gasteiger partial charge in [0.1, 0.15) is 11.6 Å². The first kappa shape index (κ1) is 18.8. The van der Waals surface area contributed by atoms with Crippen LogP contribution in [0.4, 0.5) is 4.79 Å². The average Bonchev–Trinajstić information content (AvgIpc) is 2.72. The molecule has 1 rings (SSSR count). The number of hydrogen-bond donors (Lipinski definition) is 3. The number of aryl methyl sites for hydroxylation is 1. The summed E-state index contributed by atoms with van der Waals surface area (Å²) in [6, 6.07) is -0.876. The fourth-order valence-electron chi connectivity index (χ4n) is 2.00. The summed E-state index contributed by atoms with van der Waals surface area (Å²) >= 11 is 0. The Balaban J connectivity index is 2.75. The Bertz CT molecular complexity index is 597. The van der Waals surface area contributed by atoms with Gasteiger partial charge in [0.05, 0.1) is 6.61 Å². The summed E-state index contributed by atoms with van der Waals surface area (Å²) in [7, 11) is 0. The van der Waals surface area contributed by atoms with Gasteiger partial charge in [0.25, 0.3) is 5.56 Å². The Morgan fingerprint density at radius 1 is 1.26 bits per heavy atom. The van der Waals surface area contributed by atoms with E-state index in [2.05, 4.69) is 15.5 Å². The van der Waals surface area contributed by atoms with Crippen LogP contribution in [0.1, 0.15) is 45.4 Å². The lowest BCUT2D eigenvalue weighted by Gasteiger charge is -2.22. The predicted molar refractivity (Wildman–Crippen MR) is 84.3 cm³/mol. The fraction of sp³-hybridized carbons (Fsp3) is 0.667. The van der Waals surface area contributed by atoms with Crippen molar-refractivity contribution in [2.45, 2.75) is 59.1 Å². The topological polar surface area (TPSA) is 113 Å². The molecular formula is C15H25N3O5. The van der Waals surface area contributed by atoms with Crippen molar-refractivity contribution in [1.82, 2.24) is 15.5 Å². The highest BCUT2D eigenvalue weighted by atomic mass is 16.6. The molecule has 1 aromatic heterocycles. The van der Waals surface area contributed by atoms with E-state index in [1.165, 1.54) is 0 Å². The first-order valence-electron chi connectivity index (χ1n) is 7.56. The molecule has 0 spiro atoms. The molecule has 130 valence electrons. The Hall–Kier alpha value is -2.25. The zero-order valence-corrected chi connectivity index (χ0v) is 14.2. The lowest BCUT2D eigenvalue weighted by Crippen LogP contribution is -2.44. The summed E-state index contributed by atoms with van der Waals surface area (Å²) in [6.45, 7) is 8.84. The van der Waals surface area contributed by atoms with Crippen molar-refractivity contribution >= 4 is 12.1 Å². The van der Waals surface area contributed by atoms with Crippen LogP contribution in [-0.4, -0.2) is 40.5 Å². The number of rotatable bonds is 6. The highest BCUT2D eigenvalue weighted by molar-refractivity contribution is 5.81. The van der Waals surface area contributed by atoms with E-state index in [4.69, 9.17) is 9.47 Å². The van der Waals surface area contributed by atoms with Crippen LogP contribution in [0, 0.1) is 6.92 Å². The standard InChI is InChI=1S/C15H25N3O5/c1-6-22-13(20)11(16-14(21)23-15(3,4)5)8-7-10-9(2)17-18-12(10)19/h11H,6-8H2,1-5H3,(H,16,21)(H2,17,18,19). The Labute approximate surface area is 134 Å². The van der Waals surface area contributed by atoms with Crippen LogP contribution in [0.3, 0.4) is 0 Å². The number of amides is 1. The number of carbonyl (C=O) groups excluding carboxylic acids is 2. The molecule has 0 aromatic carbocycles. The van der Waals surface area contributed by atoms with Crippen molar-refractivity contribution in [2.75, 3.05) is 6.61 Å². The van der Waals surface area contributed by atoms with Crippen molar-refractivity contribution in [2.24, 2.45) is 0 Å². The molecule has 0 saturated carbocycles. The third kappa shape index (κ3) is 6.17. The van der Waals surface area contributed by atoms with Gasteiger partial charge in [-0.2, -0.15) is 0 Å². The minimum absolute atomic E-state index is 0.203. The molecule has 0 radical (unpaired) electrons. The van der Waals surface area contributed by atoms with E-state index in [0.717, 1.165) is 0 Å². The van der Waals surface area contributed by atoms with Crippen molar-refractivity contribution in [1.29, 1.82) is 0 Å². The second kappa shape index (κ2) is 7.85. The summed E-state index contributed by atoms with van der Waals surface area (Å²) in [5, 5.41) is 7.70. The van der Waals surface area contributed by atoms with E-state index in [0.29, 0.717) is 17.7 Å². The van der Waals surface area contributed by atoms with E-state index in [9.17, 15) is 14.4 Å². The minimum Gasteiger partial charge on any atom is -0.464 e. The number of aromatic amines is 2. The maximum Gasteiger partial charge on any atom is 0.408 e. The molecular weight excluding hydrogens is 302 g/mol. The summed E-state index contributed by atoms with van der Waals surface area (Å²) in [6.07, 6.45) is -0.140. The predicted octanol–water partition coefficient (Wildman–Crippen LogP) is 1.40. The SMILES string of the molecule is CCOC(=O)C(CCc1c(C)[nH][nH]c1=O)NC(=O)OC(C)(C)C. The summed E-state index contributed by atoms with van der Waals surface area (Å²) in [5.41, 5.74) is 0.347. The molecule has 1 amide bonds. The Morgan fingerprint density at radius 3 is 2.39 bits per heavy atom. The zero-order chi connectivity index (χ0) is 17.6. The molecule has 1 atom stereocenters. The number of esters is 1. The van der Waals surface area contributed by atoms with Gasteiger partial charge in [0.15, 0.2) is 0 Å². The van der Waals surface area contributed by atoms with Crippen LogP contribution in [-0.2, 0) is 20.7 Å². The lowest BCUT2D eigenvalue weighted by atomic mass is 10.1. The van der Waals surface area contributed by atoms with Crippen molar-refractivity contribution in [3.63, 3.8) is 0 Å². The number of hydrogen-bond acceptors (Lipinski definition) is 5. The minimum atomic E-state index is -0.876. The molecule has 0 bridgehead atoms. The molecule has 0 fully saturated rings. The maximum absolute atomic E-state index is 12.0. The van der Waals surface area contributed by atoms with Crippen LogP contribution in [0.25, 0.3) is 0 Å². The summed E-state index contributed by atoms with van der Waals surface area (Å²) < 4.78 is 10.1. The van der Waals surface area contributed by atoms with Gasteiger partial charge in [-0.15, -0.1) is 0 Å². The molecule has 0 aliphatic rings.